The van der Waals surface area contributed by atoms with Gasteiger partial charge in [-0.15, -0.1) is 0 Å². The van der Waals surface area contributed by atoms with Crippen LogP contribution < -0.4 is 31.3 Å². The Labute approximate surface area is 483 Å². The Morgan fingerprint density at radius 2 is 1.07 bits per heavy atom. The van der Waals surface area contributed by atoms with Gasteiger partial charge in [-0.1, -0.05) is 97.0 Å². The smallest absolute Gasteiger partial charge is 0.308 e. The molecule has 5 N–H and O–H groups in total. The molecule has 448 valence electrons. The van der Waals surface area contributed by atoms with Crippen molar-refractivity contribution in [2.45, 2.75) is 186 Å². The van der Waals surface area contributed by atoms with Crippen LogP contribution in [0.25, 0.3) is 5.76 Å². The molecule has 2 aromatic rings. The zero-order valence-corrected chi connectivity index (χ0v) is 53.4. The highest BCUT2D eigenvalue weighted by molar-refractivity contribution is 6.76. The summed E-state index contributed by atoms with van der Waals surface area (Å²) in [7, 11) is -2.97. The molecular weight excluding hydrogens is 1080 g/mol. The quantitative estimate of drug-likeness (QED) is 0.0205. The van der Waals surface area contributed by atoms with E-state index in [0.717, 1.165) is 28.7 Å². The van der Waals surface area contributed by atoms with Gasteiger partial charge in [0.15, 0.2) is 0 Å². The van der Waals surface area contributed by atoms with E-state index in [1.165, 1.54) is 44.6 Å². The summed E-state index contributed by atoms with van der Waals surface area (Å²) in [5, 5.41) is 13.2. The molecule has 4 fully saturated rings. The molecule has 0 aliphatic heterocycles. The number of nitrogens with one attached hydrogen (secondary N) is 5. The molecule has 4 atom stereocenters. The van der Waals surface area contributed by atoms with E-state index in [0.29, 0.717) is 41.4 Å². The van der Waals surface area contributed by atoms with Crippen LogP contribution in [-0.4, -0.2) is 123 Å². The molecular formula is C60H93N5O13Si3. The third-order valence-corrected chi connectivity index (χ3v) is 20.3. The Morgan fingerprint density at radius 1 is 0.580 bits per heavy atom. The maximum Gasteiger partial charge on any atom is 0.308 e. The lowest BCUT2D eigenvalue weighted by Crippen LogP contribution is -2.59. The minimum Gasteiger partial charge on any atom is -0.496 e. The predicted octanol–water partition coefficient (Wildman–Crippen LogP) is 8.84. The maximum atomic E-state index is 14.3. The van der Waals surface area contributed by atoms with Crippen LogP contribution in [0.4, 0.5) is 5.69 Å². The highest BCUT2D eigenvalue weighted by Crippen LogP contribution is 2.58. The number of allylic oxidation sites excluding steroid dienone is 1. The Balaban J connectivity index is 1.29. The molecule has 0 saturated heterocycles. The number of amides is 5. The second-order valence-electron chi connectivity index (χ2n) is 26.4. The fraction of sp³-hybridized carbons (Fsp3) is 0.633. The van der Waals surface area contributed by atoms with Crippen molar-refractivity contribution in [2.24, 2.45) is 29.6 Å². The number of hydrogen-bond donors (Lipinski definition) is 5. The molecule has 0 spiro atoms. The third kappa shape index (κ3) is 22.5. The molecule has 18 nitrogen and oxygen atoms in total. The zero-order valence-electron chi connectivity index (χ0n) is 50.4. The summed E-state index contributed by atoms with van der Waals surface area (Å²) in [6.07, 6.45) is 4.74. The van der Waals surface area contributed by atoms with Crippen molar-refractivity contribution >= 4 is 83.1 Å². The van der Waals surface area contributed by atoms with Crippen molar-refractivity contribution in [3.8, 4) is 5.75 Å². The highest BCUT2D eigenvalue weighted by Gasteiger charge is 2.47. The minimum atomic E-state index is -1.61. The number of rotatable bonds is 31. The summed E-state index contributed by atoms with van der Waals surface area (Å²) in [6.45, 7) is 24.4. The fourth-order valence-electron chi connectivity index (χ4n) is 10.7. The van der Waals surface area contributed by atoms with Gasteiger partial charge in [-0.2, -0.15) is 0 Å². The number of methoxy groups -OCH3 is 1. The zero-order chi connectivity index (χ0) is 59.8. The van der Waals surface area contributed by atoms with Gasteiger partial charge in [0.2, 0.25) is 29.5 Å². The third-order valence-electron chi connectivity index (χ3n) is 15.1. The molecule has 81 heavy (non-hydrogen) atoms. The Bertz CT molecular complexity index is 2520. The van der Waals surface area contributed by atoms with Gasteiger partial charge in [-0.05, 0) is 122 Å². The molecule has 4 aliphatic carbocycles. The summed E-state index contributed by atoms with van der Waals surface area (Å²) >= 11 is 0. The molecule has 0 aromatic heterocycles. The van der Waals surface area contributed by atoms with E-state index < -0.39 is 115 Å². The lowest BCUT2D eigenvalue weighted by Gasteiger charge is -2.51. The Morgan fingerprint density at radius 3 is 1.57 bits per heavy atom. The van der Waals surface area contributed by atoms with E-state index >= 15 is 0 Å². The van der Waals surface area contributed by atoms with Crippen LogP contribution in [0.1, 0.15) is 89.7 Å². The van der Waals surface area contributed by atoms with Gasteiger partial charge in [0.1, 0.15) is 42.3 Å². The van der Waals surface area contributed by atoms with Crippen molar-refractivity contribution in [1.29, 1.82) is 0 Å². The summed E-state index contributed by atoms with van der Waals surface area (Å²) in [5.74, 6) is -2.08. The van der Waals surface area contributed by atoms with E-state index in [-0.39, 0.29) is 39.3 Å². The average Bonchev–Trinajstić information content (AvgIpc) is 3.57. The van der Waals surface area contributed by atoms with Gasteiger partial charge < -0.3 is 50.3 Å². The molecule has 5 amide bonds. The van der Waals surface area contributed by atoms with Crippen molar-refractivity contribution in [1.82, 2.24) is 21.3 Å². The van der Waals surface area contributed by atoms with Crippen LogP contribution in [0.15, 0.2) is 54.1 Å². The molecule has 21 heteroatoms. The first-order chi connectivity index (χ1) is 37.9. The molecule has 0 heterocycles. The first-order valence-electron chi connectivity index (χ1n) is 29.0. The number of anilines is 1. The highest BCUT2D eigenvalue weighted by atomic mass is 28.3. The summed E-state index contributed by atoms with van der Waals surface area (Å²) in [4.78, 5) is 108. The van der Waals surface area contributed by atoms with Crippen LogP contribution >= 0.6 is 0 Å². The average molecular weight is 1180 g/mol. The Hall–Kier alpha value is -5.81. The molecule has 0 unspecified atom stereocenters. The van der Waals surface area contributed by atoms with E-state index in [4.69, 9.17) is 23.7 Å². The van der Waals surface area contributed by atoms with Crippen molar-refractivity contribution in [3.63, 3.8) is 0 Å². The minimum absolute atomic E-state index is 0.143. The molecule has 4 aliphatic rings. The number of benzene rings is 2. The standard InChI is InChI=1S/C60H93N5O13Si3/c1-38(2)55(65-57(70)48(21-22-51(67)75-23-26-79(5,6)7)63-59(72)49(61-39(3)66)35-52(68)76-24-27-80(8,9)10)60(73)64-50(36-53(69)77-25-28-81(11,12)13)58(71)62-46-19-17-40(18-20-46)37-78-47-16-14-15-43(34-47)56(74-4)54-44-30-41-29-42(32-44)33-45(54)31-41/h14-20,34,38,41-42,44-45,48-50,55H,21-33,35-37H2,1-13H3,(H,61,66)(H,62,71)(H,63,72)(H,64,73)(H,65,70)/t41?,42?,44?,45?,48-,49-,50-,55-/m0/s1. The molecule has 4 saturated carbocycles. The lowest BCUT2D eigenvalue weighted by atomic mass is 9.54. The topological polar surface area (TPSA) is 243 Å². The van der Waals surface area contributed by atoms with Crippen LogP contribution in [0.5, 0.6) is 5.75 Å². The van der Waals surface area contributed by atoms with E-state index in [1.54, 1.807) is 45.2 Å². The van der Waals surface area contributed by atoms with Gasteiger partial charge in [0.05, 0.1) is 39.8 Å². The van der Waals surface area contributed by atoms with Gasteiger partial charge in [-0.3, -0.25) is 38.4 Å². The van der Waals surface area contributed by atoms with Crippen LogP contribution in [0.3, 0.4) is 0 Å². The van der Waals surface area contributed by atoms with Gasteiger partial charge in [0.25, 0.3) is 0 Å². The van der Waals surface area contributed by atoms with Crippen molar-refractivity contribution in [2.75, 3.05) is 32.2 Å². The lowest BCUT2D eigenvalue weighted by molar-refractivity contribution is -0.146. The van der Waals surface area contributed by atoms with Crippen LogP contribution in [0, 0.1) is 29.6 Å². The molecule has 4 bridgehead atoms. The van der Waals surface area contributed by atoms with Crippen LogP contribution in [-0.2, 0) is 63.9 Å². The first-order valence-corrected chi connectivity index (χ1v) is 40.1. The van der Waals surface area contributed by atoms with Gasteiger partial charge >= 0.3 is 17.9 Å². The second kappa shape index (κ2) is 30.0. The second-order valence-corrected chi connectivity index (χ2v) is 43.3. The molecule has 2 aromatic carbocycles. The normalized spacial score (nSPS) is 19.0. The summed E-state index contributed by atoms with van der Waals surface area (Å²) in [5.41, 5.74) is 3.68. The number of esters is 3. The largest absolute Gasteiger partial charge is 0.496 e. The Kier molecular flexibility index (Phi) is 24.4. The van der Waals surface area contributed by atoms with Crippen molar-refractivity contribution < 1.29 is 62.0 Å². The van der Waals surface area contributed by atoms with Crippen molar-refractivity contribution in [3.05, 3.63) is 65.2 Å². The number of carbonyl (C=O) groups is 8. The number of ether oxygens (including phenoxy) is 5. The van der Waals surface area contributed by atoms with Crippen LogP contribution in [0.2, 0.25) is 77.1 Å². The van der Waals surface area contributed by atoms with Gasteiger partial charge in [-0.25, -0.2) is 0 Å². The predicted molar refractivity (Wildman–Crippen MR) is 321 cm³/mol. The van der Waals surface area contributed by atoms with E-state index in [1.807, 2.05) is 18.2 Å². The maximum absolute atomic E-state index is 14.3. The number of carbonyl (C=O) groups excluding carboxylic acids is 8. The molecule has 0 radical (unpaired) electrons. The SMILES string of the molecule is COC(=C1C2CC3CC(C2)CC1C3)c1cccc(OCc2ccc(NC(=O)[C@H](CC(=O)OCC[Si](C)(C)C)NC(=O)[C@@H](NC(=O)[C@H](CCC(=O)OCC[Si](C)(C)C)NC(=O)[C@H](CC(=O)OCC[Si](C)(C)C)NC(C)=O)C(C)C)cc2)c1. The summed E-state index contributed by atoms with van der Waals surface area (Å²) in [6, 6.07) is 11.4. The monoisotopic (exact) mass is 1180 g/mol. The first kappa shape index (κ1) is 66.0. The fourth-order valence-corrected chi connectivity index (χ4v) is 12.9. The summed E-state index contributed by atoms with van der Waals surface area (Å²) < 4.78 is 28.8. The van der Waals surface area contributed by atoms with Gasteiger partial charge in [0, 0.05) is 48.8 Å². The molecule has 6 rings (SSSR count). The van der Waals surface area contributed by atoms with E-state index in [9.17, 15) is 38.4 Å². The number of hydrogen-bond acceptors (Lipinski definition) is 13. The van der Waals surface area contributed by atoms with E-state index in [2.05, 4.69) is 91.6 Å².